The van der Waals surface area contributed by atoms with E-state index < -0.39 is 17.8 Å². The molecule has 3 unspecified atom stereocenters. The van der Waals surface area contributed by atoms with Gasteiger partial charge < -0.3 is 24.6 Å². The smallest absolute Gasteiger partial charge is 0.307 e. The Bertz CT molecular complexity index is 603. The lowest BCUT2D eigenvalue weighted by molar-refractivity contribution is -0.140. The molecule has 7 heteroatoms. The number of carboxylic acids is 1. The van der Waals surface area contributed by atoms with Gasteiger partial charge in [0, 0.05) is 7.11 Å². The molecular weight excluding hydrogens is 314 g/mol. The topological polar surface area (TPSA) is 94.1 Å². The zero-order valence-corrected chi connectivity index (χ0v) is 14.1. The maximum atomic E-state index is 12.1. The first-order valence-electron chi connectivity index (χ1n) is 7.80. The number of carbonyl (C=O) groups excluding carboxylic acids is 1. The van der Waals surface area contributed by atoms with E-state index in [1.807, 2.05) is 13.0 Å². The molecule has 0 aromatic heterocycles. The van der Waals surface area contributed by atoms with Gasteiger partial charge in [-0.2, -0.15) is 0 Å². The number of aliphatic carboxylic acids is 1. The van der Waals surface area contributed by atoms with Crippen molar-refractivity contribution >= 4 is 11.9 Å². The van der Waals surface area contributed by atoms with Crippen molar-refractivity contribution < 1.29 is 28.9 Å². The second-order valence-corrected chi connectivity index (χ2v) is 5.77. The molecule has 24 heavy (non-hydrogen) atoms. The van der Waals surface area contributed by atoms with Gasteiger partial charge in [-0.1, -0.05) is 6.07 Å². The third-order valence-corrected chi connectivity index (χ3v) is 4.04. The maximum Gasteiger partial charge on any atom is 0.307 e. The van der Waals surface area contributed by atoms with Crippen LogP contribution in [0.25, 0.3) is 0 Å². The summed E-state index contributed by atoms with van der Waals surface area (Å²) in [5.74, 6) is -0.951. The van der Waals surface area contributed by atoms with Crippen molar-refractivity contribution in [1.82, 2.24) is 5.32 Å². The van der Waals surface area contributed by atoms with Crippen LogP contribution in [0.1, 0.15) is 24.9 Å². The van der Waals surface area contributed by atoms with E-state index in [4.69, 9.17) is 19.3 Å². The molecule has 7 nitrogen and oxygen atoms in total. The molecule has 0 saturated heterocycles. The van der Waals surface area contributed by atoms with E-state index in [1.54, 1.807) is 26.4 Å². The first-order valence-corrected chi connectivity index (χ1v) is 7.80. The number of carbonyl (C=O) groups is 2. The minimum absolute atomic E-state index is 0.228. The highest BCUT2D eigenvalue weighted by atomic mass is 16.5. The summed E-state index contributed by atoms with van der Waals surface area (Å²) in [6.07, 6.45) is 0.406. The Balaban J connectivity index is 1.97. The highest BCUT2D eigenvalue weighted by Crippen LogP contribution is 2.39. The second kappa shape index (κ2) is 8.01. The molecular formula is C17H23NO6. The van der Waals surface area contributed by atoms with Crippen molar-refractivity contribution in [2.75, 3.05) is 27.4 Å². The Labute approximate surface area is 140 Å². The van der Waals surface area contributed by atoms with Gasteiger partial charge in [-0.25, -0.2) is 0 Å². The predicted molar refractivity (Wildman–Crippen MR) is 86.2 cm³/mol. The number of ether oxygens (including phenoxy) is 3. The predicted octanol–water partition coefficient (Wildman–Crippen LogP) is 1.62. The van der Waals surface area contributed by atoms with Crippen molar-refractivity contribution in [3.05, 3.63) is 23.8 Å². The Morgan fingerprint density at radius 2 is 2.00 bits per heavy atom. The van der Waals surface area contributed by atoms with E-state index in [1.165, 1.54) is 0 Å². The summed E-state index contributed by atoms with van der Waals surface area (Å²) in [4.78, 5) is 22.9. The van der Waals surface area contributed by atoms with Crippen LogP contribution in [-0.2, 0) is 14.3 Å². The molecule has 0 aliphatic heterocycles. The molecule has 1 aliphatic carbocycles. The molecule has 1 aromatic carbocycles. The lowest BCUT2D eigenvalue weighted by atomic mass is 10.1. The number of amides is 1. The maximum absolute atomic E-state index is 12.1. The van der Waals surface area contributed by atoms with Gasteiger partial charge in [-0.05, 0) is 31.0 Å². The largest absolute Gasteiger partial charge is 0.493 e. The van der Waals surface area contributed by atoms with Gasteiger partial charge in [0.05, 0.1) is 31.6 Å². The second-order valence-electron chi connectivity index (χ2n) is 5.77. The summed E-state index contributed by atoms with van der Waals surface area (Å²) in [6.45, 7) is 2.73. The Morgan fingerprint density at radius 3 is 2.58 bits per heavy atom. The number of rotatable bonds is 9. The molecule has 1 amide bonds. The summed E-state index contributed by atoms with van der Waals surface area (Å²) < 4.78 is 15.8. The summed E-state index contributed by atoms with van der Waals surface area (Å²) in [5, 5.41) is 11.7. The van der Waals surface area contributed by atoms with Gasteiger partial charge in [-0.3, -0.25) is 9.59 Å². The number of hydrogen-bond donors (Lipinski definition) is 2. The van der Waals surface area contributed by atoms with Crippen molar-refractivity contribution in [3.8, 4) is 11.5 Å². The van der Waals surface area contributed by atoms with E-state index in [-0.39, 0.29) is 11.9 Å². The third kappa shape index (κ3) is 4.38. The van der Waals surface area contributed by atoms with Gasteiger partial charge in [0.2, 0.25) is 5.91 Å². The summed E-state index contributed by atoms with van der Waals surface area (Å²) in [7, 11) is 3.15. The molecule has 132 valence electrons. The van der Waals surface area contributed by atoms with Crippen LogP contribution in [0.2, 0.25) is 0 Å². The molecule has 1 aliphatic rings. The lowest BCUT2D eigenvalue weighted by Crippen LogP contribution is -2.29. The first kappa shape index (κ1) is 18.1. The zero-order valence-electron chi connectivity index (χ0n) is 14.1. The summed E-state index contributed by atoms with van der Waals surface area (Å²) in [6, 6.07) is 5.17. The van der Waals surface area contributed by atoms with E-state index in [2.05, 4.69) is 5.32 Å². The van der Waals surface area contributed by atoms with Crippen LogP contribution in [0.4, 0.5) is 0 Å². The fourth-order valence-electron chi connectivity index (χ4n) is 2.47. The minimum atomic E-state index is -0.915. The number of benzene rings is 1. The Kier molecular flexibility index (Phi) is 6.03. The number of carboxylic acid groups (broad SMARTS) is 1. The molecule has 2 rings (SSSR count). The van der Waals surface area contributed by atoms with E-state index >= 15 is 0 Å². The third-order valence-electron chi connectivity index (χ3n) is 4.04. The van der Waals surface area contributed by atoms with Gasteiger partial charge in [0.1, 0.15) is 6.61 Å². The van der Waals surface area contributed by atoms with Crippen LogP contribution in [0.3, 0.4) is 0 Å². The van der Waals surface area contributed by atoms with E-state index in [9.17, 15) is 9.59 Å². The van der Waals surface area contributed by atoms with Gasteiger partial charge >= 0.3 is 5.97 Å². The standard InChI is InChI=1S/C17H23NO6/c1-10(18-16(19)12-9-13(12)17(20)21)11-4-5-14(15(8-11)23-3)24-7-6-22-2/h4-5,8,10,12-13H,6-7,9H2,1-3H3,(H,18,19)(H,20,21). The molecule has 0 radical (unpaired) electrons. The fourth-order valence-corrected chi connectivity index (χ4v) is 2.47. The average molecular weight is 337 g/mol. The molecule has 2 N–H and O–H groups in total. The number of nitrogens with one attached hydrogen (secondary N) is 1. The first-order chi connectivity index (χ1) is 11.5. The zero-order chi connectivity index (χ0) is 17.7. The molecule has 1 aromatic rings. The van der Waals surface area contributed by atoms with Crippen molar-refractivity contribution in [3.63, 3.8) is 0 Å². The molecule has 0 spiro atoms. The summed E-state index contributed by atoms with van der Waals surface area (Å²) >= 11 is 0. The van der Waals surface area contributed by atoms with Gasteiger partial charge in [-0.15, -0.1) is 0 Å². The van der Waals surface area contributed by atoms with Crippen molar-refractivity contribution in [1.29, 1.82) is 0 Å². The van der Waals surface area contributed by atoms with Crippen molar-refractivity contribution in [2.45, 2.75) is 19.4 Å². The Hall–Kier alpha value is -2.28. The normalized spacial score (nSPS) is 20.1. The number of methoxy groups -OCH3 is 2. The van der Waals surface area contributed by atoms with E-state index in [0.29, 0.717) is 31.1 Å². The quantitative estimate of drug-likeness (QED) is 0.665. The molecule has 0 heterocycles. The van der Waals surface area contributed by atoms with Gasteiger partial charge in [0.25, 0.3) is 0 Å². The summed E-state index contributed by atoms with van der Waals surface area (Å²) in [5.41, 5.74) is 0.854. The lowest BCUT2D eigenvalue weighted by Gasteiger charge is -2.17. The van der Waals surface area contributed by atoms with E-state index in [0.717, 1.165) is 5.56 Å². The monoisotopic (exact) mass is 337 g/mol. The Morgan fingerprint density at radius 1 is 1.25 bits per heavy atom. The fraction of sp³-hybridized carbons (Fsp3) is 0.529. The SMILES string of the molecule is COCCOc1ccc(C(C)NC(=O)C2CC2C(=O)O)cc1OC. The highest BCUT2D eigenvalue weighted by molar-refractivity contribution is 5.89. The highest BCUT2D eigenvalue weighted by Gasteiger charge is 2.48. The molecule has 0 bridgehead atoms. The molecule has 1 saturated carbocycles. The van der Waals surface area contributed by atoms with Crippen LogP contribution in [0.5, 0.6) is 11.5 Å². The van der Waals surface area contributed by atoms with Gasteiger partial charge in [0.15, 0.2) is 11.5 Å². The molecule has 1 fully saturated rings. The number of hydrogen-bond acceptors (Lipinski definition) is 5. The molecule has 3 atom stereocenters. The average Bonchev–Trinajstić information content (AvgIpc) is 3.36. The van der Waals surface area contributed by atoms with Crippen LogP contribution in [-0.4, -0.2) is 44.4 Å². The minimum Gasteiger partial charge on any atom is -0.493 e. The van der Waals surface area contributed by atoms with Crippen LogP contribution < -0.4 is 14.8 Å². The van der Waals surface area contributed by atoms with Crippen LogP contribution >= 0.6 is 0 Å². The van der Waals surface area contributed by atoms with Crippen LogP contribution in [0, 0.1) is 11.8 Å². The van der Waals surface area contributed by atoms with Crippen molar-refractivity contribution in [2.24, 2.45) is 11.8 Å². The van der Waals surface area contributed by atoms with Crippen LogP contribution in [0.15, 0.2) is 18.2 Å².